The molecule has 0 bridgehead atoms. The zero-order valence-corrected chi connectivity index (χ0v) is 16.6. The number of H-pyrrole nitrogens is 1. The molecule has 0 atom stereocenters. The van der Waals surface area contributed by atoms with Gasteiger partial charge in [-0.1, -0.05) is 6.92 Å². The van der Waals surface area contributed by atoms with Crippen molar-refractivity contribution in [1.82, 2.24) is 19.7 Å². The van der Waals surface area contributed by atoms with Crippen molar-refractivity contribution in [2.45, 2.75) is 20.3 Å². The van der Waals surface area contributed by atoms with Gasteiger partial charge in [0.05, 0.1) is 19.9 Å². The molecule has 152 valence electrons. The lowest BCUT2D eigenvalue weighted by Gasteiger charge is -2.12. The van der Waals surface area contributed by atoms with Gasteiger partial charge in [-0.25, -0.2) is 9.78 Å². The van der Waals surface area contributed by atoms with Gasteiger partial charge in [-0.15, -0.1) is 0 Å². The van der Waals surface area contributed by atoms with Gasteiger partial charge in [0.25, 0.3) is 5.56 Å². The van der Waals surface area contributed by atoms with E-state index < -0.39 is 6.03 Å². The van der Waals surface area contributed by atoms with Crippen LogP contribution in [0.2, 0.25) is 0 Å². The van der Waals surface area contributed by atoms with Crippen LogP contribution < -0.4 is 25.7 Å². The number of aryl methyl sites for hydroxylation is 2. The lowest BCUT2D eigenvalue weighted by molar-refractivity contribution is 0.262. The highest BCUT2D eigenvalue weighted by atomic mass is 16.5. The molecule has 0 spiro atoms. The summed E-state index contributed by atoms with van der Waals surface area (Å²) in [6, 6.07) is 7.63. The Morgan fingerprint density at radius 1 is 1.14 bits per heavy atom. The number of urea groups is 1. The van der Waals surface area contributed by atoms with Crippen molar-refractivity contribution in [3.8, 4) is 17.4 Å². The van der Waals surface area contributed by atoms with Crippen LogP contribution in [0.15, 0.2) is 35.1 Å². The molecule has 3 N–H and O–H groups in total. The van der Waals surface area contributed by atoms with Gasteiger partial charge in [0.1, 0.15) is 5.82 Å². The van der Waals surface area contributed by atoms with Gasteiger partial charge in [0, 0.05) is 29.6 Å². The number of benzene rings is 1. The molecular weight excluding hydrogens is 376 g/mol. The minimum absolute atomic E-state index is 0.226. The summed E-state index contributed by atoms with van der Waals surface area (Å²) >= 11 is 0. The van der Waals surface area contributed by atoms with E-state index >= 15 is 0 Å². The monoisotopic (exact) mass is 398 g/mol. The smallest absolute Gasteiger partial charge is 0.324 e. The zero-order chi connectivity index (χ0) is 21.0. The fraction of sp³-hybridized carbons (Fsp3) is 0.263. The SMILES string of the molecule is CCc1cc(=O)[nH]c(-n2nc(C)cc2NC(=O)Nc2ccc(OC)c(OC)c2)n1. The van der Waals surface area contributed by atoms with Crippen molar-refractivity contribution in [2.75, 3.05) is 24.9 Å². The summed E-state index contributed by atoms with van der Waals surface area (Å²) in [4.78, 5) is 31.4. The molecule has 0 saturated carbocycles. The zero-order valence-electron chi connectivity index (χ0n) is 16.6. The van der Waals surface area contributed by atoms with Crippen molar-refractivity contribution in [3.63, 3.8) is 0 Å². The first-order valence-electron chi connectivity index (χ1n) is 8.90. The Labute approximate surface area is 166 Å². The molecule has 0 aliphatic heterocycles. The molecule has 0 unspecified atom stereocenters. The van der Waals surface area contributed by atoms with E-state index in [9.17, 15) is 9.59 Å². The summed E-state index contributed by atoms with van der Waals surface area (Å²) in [5.74, 6) is 1.63. The van der Waals surface area contributed by atoms with Gasteiger partial charge < -0.3 is 14.8 Å². The van der Waals surface area contributed by atoms with Crippen molar-refractivity contribution in [1.29, 1.82) is 0 Å². The molecule has 2 aromatic heterocycles. The Kier molecular flexibility index (Phi) is 5.82. The van der Waals surface area contributed by atoms with Crippen LogP contribution in [-0.2, 0) is 6.42 Å². The summed E-state index contributed by atoms with van der Waals surface area (Å²) in [5.41, 5.74) is 1.50. The number of anilines is 2. The van der Waals surface area contributed by atoms with Gasteiger partial charge >= 0.3 is 6.03 Å². The number of aromatic amines is 1. The predicted molar refractivity (Wildman–Crippen MR) is 108 cm³/mol. The Balaban J connectivity index is 1.83. The van der Waals surface area contributed by atoms with Crippen molar-refractivity contribution < 1.29 is 14.3 Å². The van der Waals surface area contributed by atoms with Crippen LogP contribution in [0.3, 0.4) is 0 Å². The minimum atomic E-state index is -0.493. The van der Waals surface area contributed by atoms with Crippen molar-refractivity contribution >= 4 is 17.5 Å². The van der Waals surface area contributed by atoms with E-state index in [1.54, 1.807) is 31.2 Å². The minimum Gasteiger partial charge on any atom is -0.493 e. The number of amides is 2. The van der Waals surface area contributed by atoms with Crippen LogP contribution in [0, 0.1) is 6.92 Å². The highest BCUT2D eigenvalue weighted by Gasteiger charge is 2.14. The summed E-state index contributed by atoms with van der Waals surface area (Å²) in [6.07, 6.45) is 0.597. The highest BCUT2D eigenvalue weighted by molar-refractivity contribution is 5.99. The second-order valence-corrected chi connectivity index (χ2v) is 6.15. The van der Waals surface area contributed by atoms with E-state index in [1.807, 2.05) is 6.92 Å². The Morgan fingerprint density at radius 3 is 2.59 bits per heavy atom. The molecule has 10 heteroatoms. The topological polar surface area (TPSA) is 123 Å². The average Bonchev–Trinajstić information content (AvgIpc) is 3.07. The molecule has 0 aliphatic carbocycles. The number of ether oxygens (including phenoxy) is 2. The molecule has 3 aromatic rings. The van der Waals surface area contributed by atoms with E-state index in [-0.39, 0.29) is 11.5 Å². The molecule has 0 saturated heterocycles. The number of carbonyl (C=O) groups is 1. The number of nitrogens with one attached hydrogen (secondary N) is 3. The van der Waals surface area contributed by atoms with Crippen LogP contribution in [0.4, 0.5) is 16.3 Å². The Bertz CT molecular complexity index is 1090. The van der Waals surface area contributed by atoms with E-state index in [0.29, 0.717) is 40.8 Å². The highest BCUT2D eigenvalue weighted by Crippen LogP contribution is 2.29. The summed E-state index contributed by atoms with van der Waals surface area (Å²) < 4.78 is 11.8. The second-order valence-electron chi connectivity index (χ2n) is 6.15. The number of aromatic nitrogens is 4. The lowest BCUT2D eigenvalue weighted by atomic mass is 10.3. The van der Waals surface area contributed by atoms with E-state index in [4.69, 9.17) is 9.47 Å². The maximum atomic E-state index is 12.5. The number of rotatable bonds is 6. The van der Waals surface area contributed by atoms with Crippen LogP contribution in [0.1, 0.15) is 18.3 Å². The van der Waals surface area contributed by atoms with Gasteiger partial charge in [-0.05, 0) is 25.5 Å². The first-order valence-corrected chi connectivity index (χ1v) is 8.90. The van der Waals surface area contributed by atoms with Gasteiger partial charge in [0.15, 0.2) is 11.5 Å². The van der Waals surface area contributed by atoms with Crippen LogP contribution in [0.5, 0.6) is 11.5 Å². The Hall–Kier alpha value is -3.82. The summed E-state index contributed by atoms with van der Waals surface area (Å²) in [6.45, 7) is 3.67. The fourth-order valence-electron chi connectivity index (χ4n) is 2.72. The normalized spacial score (nSPS) is 10.5. The fourth-order valence-corrected chi connectivity index (χ4v) is 2.72. The third-order valence-electron chi connectivity index (χ3n) is 4.06. The first kappa shape index (κ1) is 19.9. The second kappa shape index (κ2) is 8.46. The van der Waals surface area contributed by atoms with Gasteiger partial charge in [-0.3, -0.25) is 15.1 Å². The number of hydrogen-bond acceptors (Lipinski definition) is 6. The molecule has 3 rings (SSSR count). The molecule has 10 nitrogen and oxygen atoms in total. The molecule has 2 amide bonds. The molecular formula is C19H22N6O4. The van der Waals surface area contributed by atoms with Crippen LogP contribution in [-0.4, -0.2) is 40.0 Å². The third-order valence-corrected chi connectivity index (χ3v) is 4.06. The standard InChI is InChI=1S/C19H22N6O4/c1-5-12-10-17(26)23-18(20-12)25-16(8-11(2)24-25)22-19(27)21-13-6-7-14(28-3)15(9-13)29-4/h6-10H,5H2,1-4H3,(H,20,23,26)(H2,21,22,27). The maximum absolute atomic E-state index is 12.5. The molecule has 0 aliphatic rings. The lowest BCUT2D eigenvalue weighted by Crippen LogP contribution is -2.23. The number of nitrogens with zero attached hydrogens (tertiary/aromatic N) is 3. The maximum Gasteiger partial charge on any atom is 0.324 e. The van der Waals surface area contributed by atoms with Gasteiger partial charge in [-0.2, -0.15) is 9.78 Å². The summed E-state index contributed by atoms with van der Waals surface area (Å²) in [5, 5.41) is 9.75. The molecule has 29 heavy (non-hydrogen) atoms. The Morgan fingerprint density at radius 2 is 1.90 bits per heavy atom. The van der Waals surface area contributed by atoms with Crippen LogP contribution in [0.25, 0.3) is 5.95 Å². The predicted octanol–water partition coefficient (Wildman–Crippen LogP) is 2.49. The molecule has 2 heterocycles. The van der Waals surface area contributed by atoms with Crippen molar-refractivity contribution in [3.05, 3.63) is 52.1 Å². The van der Waals surface area contributed by atoms with E-state index in [2.05, 4.69) is 25.7 Å². The molecule has 0 radical (unpaired) electrons. The average molecular weight is 398 g/mol. The first-order chi connectivity index (χ1) is 13.9. The van der Waals surface area contributed by atoms with E-state index in [1.165, 1.54) is 25.0 Å². The number of methoxy groups -OCH3 is 2. The number of carbonyl (C=O) groups excluding carboxylic acids is 1. The quantitative estimate of drug-likeness (QED) is 0.586. The third kappa shape index (κ3) is 4.54. The summed E-state index contributed by atoms with van der Waals surface area (Å²) in [7, 11) is 3.05. The van der Waals surface area contributed by atoms with Gasteiger partial charge in [0.2, 0.25) is 5.95 Å². The van der Waals surface area contributed by atoms with E-state index in [0.717, 1.165) is 0 Å². The van der Waals surface area contributed by atoms with Crippen LogP contribution >= 0.6 is 0 Å². The number of hydrogen-bond donors (Lipinski definition) is 3. The molecule has 0 fully saturated rings. The molecule has 1 aromatic carbocycles. The van der Waals surface area contributed by atoms with Crippen molar-refractivity contribution in [2.24, 2.45) is 0 Å². The largest absolute Gasteiger partial charge is 0.493 e.